The molecule has 0 aliphatic heterocycles. The van der Waals surface area contributed by atoms with Gasteiger partial charge in [0.05, 0.1) is 6.04 Å². The summed E-state index contributed by atoms with van der Waals surface area (Å²) in [5, 5.41) is 2.61. The molecule has 5 nitrogen and oxygen atoms in total. The number of carbonyl (C=O) groups excluding carboxylic acids is 2. The minimum atomic E-state index is -0.524. The molecule has 0 aliphatic rings. The van der Waals surface area contributed by atoms with Gasteiger partial charge in [0.25, 0.3) is 0 Å². The van der Waals surface area contributed by atoms with Gasteiger partial charge in [-0.05, 0) is 31.6 Å². The van der Waals surface area contributed by atoms with E-state index in [0.29, 0.717) is 24.7 Å². The van der Waals surface area contributed by atoms with Crippen LogP contribution in [0.3, 0.4) is 0 Å². The summed E-state index contributed by atoms with van der Waals surface area (Å²) in [6.45, 7) is 9.60. The molecule has 0 rings (SSSR count). The van der Waals surface area contributed by atoms with Crippen molar-refractivity contribution in [3.63, 3.8) is 0 Å². The number of carbonyl (C=O) groups is 2. The number of nitrogens with one attached hydrogen (secondary N) is 1. The monoisotopic (exact) mass is 272 g/mol. The zero-order chi connectivity index (χ0) is 15.0. The van der Waals surface area contributed by atoms with Crippen molar-refractivity contribution in [1.29, 1.82) is 0 Å². The van der Waals surface area contributed by atoms with Crippen LogP contribution in [0.15, 0.2) is 0 Å². The molecule has 3 N–H and O–H groups in total. The maximum absolute atomic E-state index is 11.7. The highest BCUT2D eigenvalue weighted by molar-refractivity contribution is 5.81. The predicted molar refractivity (Wildman–Crippen MR) is 75.4 cm³/mol. The quantitative estimate of drug-likeness (QED) is 0.623. The third-order valence-electron chi connectivity index (χ3n) is 2.73. The van der Waals surface area contributed by atoms with Crippen LogP contribution < -0.4 is 11.1 Å². The van der Waals surface area contributed by atoms with E-state index < -0.39 is 12.1 Å². The Balaban J connectivity index is 4.05. The third-order valence-corrected chi connectivity index (χ3v) is 2.73. The van der Waals surface area contributed by atoms with Crippen LogP contribution in [-0.4, -0.2) is 30.6 Å². The van der Waals surface area contributed by atoms with Crippen molar-refractivity contribution in [1.82, 2.24) is 5.32 Å². The second-order valence-electron chi connectivity index (χ2n) is 5.82. The number of ether oxygens (including phenoxy) is 1. The fourth-order valence-corrected chi connectivity index (χ4v) is 1.74. The van der Waals surface area contributed by atoms with Gasteiger partial charge in [0.15, 0.2) is 5.78 Å². The Kier molecular flexibility index (Phi) is 8.59. The fraction of sp³-hybridized carbons (Fsp3) is 0.857. The number of hydrogen-bond donors (Lipinski definition) is 2. The summed E-state index contributed by atoms with van der Waals surface area (Å²) in [6.07, 6.45) is 0.832. The molecule has 1 amide bonds. The van der Waals surface area contributed by atoms with Gasteiger partial charge in [-0.25, -0.2) is 0 Å². The normalized spacial score (nSPS) is 14.5. The van der Waals surface area contributed by atoms with Crippen LogP contribution in [0.25, 0.3) is 0 Å². The second kappa shape index (κ2) is 9.04. The highest BCUT2D eigenvalue weighted by atomic mass is 16.5. The van der Waals surface area contributed by atoms with Crippen molar-refractivity contribution in [3.05, 3.63) is 0 Å². The maximum Gasteiger partial charge on any atom is 0.238 e. The highest BCUT2D eigenvalue weighted by Crippen LogP contribution is 2.09. The Hall–Kier alpha value is -0.940. The standard InChI is InChI=1S/C14H28N2O3/c1-9(2)6-12(15)14(18)16-8-19-13(11(5)17)7-10(3)4/h9-10,12-13H,6-8,15H2,1-5H3,(H,16,18)/t12-,13-/m0/s1. The van der Waals surface area contributed by atoms with E-state index >= 15 is 0 Å². The molecule has 0 unspecified atom stereocenters. The number of ketones is 1. The van der Waals surface area contributed by atoms with Gasteiger partial charge in [-0.15, -0.1) is 0 Å². The lowest BCUT2D eigenvalue weighted by Gasteiger charge is -2.19. The van der Waals surface area contributed by atoms with E-state index in [1.165, 1.54) is 6.92 Å². The van der Waals surface area contributed by atoms with Crippen molar-refractivity contribution in [2.24, 2.45) is 17.6 Å². The topological polar surface area (TPSA) is 81.4 Å². The molecule has 0 heterocycles. The van der Waals surface area contributed by atoms with E-state index in [0.717, 1.165) is 0 Å². The van der Waals surface area contributed by atoms with E-state index in [-0.39, 0.29) is 18.4 Å². The Labute approximate surface area is 116 Å². The van der Waals surface area contributed by atoms with Gasteiger partial charge in [0.2, 0.25) is 5.91 Å². The van der Waals surface area contributed by atoms with Crippen LogP contribution in [0.5, 0.6) is 0 Å². The van der Waals surface area contributed by atoms with Crippen molar-refractivity contribution < 1.29 is 14.3 Å². The first-order chi connectivity index (χ1) is 8.73. The summed E-state index contributed by atoms with van der Waals surface area (Å²) < 4.78 is 5.40. The first kappa shape index (κ1) is 18.1. The molecule has 2 atom stereocenters. The molecule has 112 valence electrons. The molecule has 0 saturated carbocycles. The Morgan fingerprint density at radius 2 is 1.63 bits per heavy atom. The van der Waals surface area contributed by atoms with Crippen LogP contribution in [0.4, 0.5) is 0 Å². The lowest BCUT2D eigenvalue weighted by molar-refractivity contribution is -0.133. The van der Waals surface area contributed by atoms with Gasteiger partial charge in [0, 0.05) is 0 Å². The highest BCUT2D eigenvalue weighted by Gasteiger charge is 2.18. The first-order valence-corrected chi connectivity index (χ1v) is 6.89. The minimum Gasteiger partial charge on any atom is -0.350 e. The van der Waals surface area contributed by atoms with E-state index in [1.54, 1.807) is 0 Å². The largest absolute Gasteiger partial charge is 0.350 e. The molecule has 0 spiro atoms. The van der Waals surface area contributed by atoms with Crippen molar-refractivity contribution in [2.45, 2.75) is 59.6 Å². The predicted octanol–water partition coefficient (Wildman–Crippen LogP) is 1.45. The van der Waals surface area contributed by atoms with Crippen LogP contribution in [-0.2, 0) is 14.3 Å². The molecule has 0 bridgehead atoms. The van der Waals surface area contributed by atoms with Gasteiger partial charge in [0.1, 0.15) is 12.8 Å². The van der Waals surface area contributed by atoms with Gasteiger partial charge < -0.3 is 15.8 Å². The van der Waals surface area contributed by atoms with Crippen molar-refractivity contribution >= 4 is 11.7 Å². The van der Waals surface area contributed by atoms with Crippen molar-refractivity contribution in [3.8, 4) is 0 Å². The van der Waals surface area contributed by atoms with Crippen molar-refractivity contribution in [2.75, 3.05) is 6.73 Å². The summed E-state index contributed by atoms with van der Waals surface area (Å²) in [6, 6.07) is -0.524. The third kappa shape index (κ3) is 8.72. The van der Waals surface area contributed by atoms with E-state index in [9.17, 15) is 9.59 Å². The summed E-state index contributed by atoms with van der Waals surface area (Å²) in [5.41, 5.74) is 5.74. The Morgan fingerprint density at radius 1 is 1.11 bits per heavy atom. The van der Waals surface area contributed by atoms with Crippen LogP contribution in [0.1, 0.15) is 47.5 Å². The molecule has 0 aromatic rings. The molecule has 0 aromatic carbocycles. The summed E-state index contributed by atoms with van der Waals surface area (Å²) >= 11 is 0. The average Bonchev–Trinajstić information content (AvgIpc) is 2.25. The second-order valence-corrected chi connectivity index (χ2v) is 5.82. The zero-order valence-corrected chi connectivity index (χ0v) is 12.7. The molecule has 0 saturated heterocycles. The summed E-state index contributed by atoms with van der Waals surface area (Å²) in [4.78, 5) is 23.0. The fourth-order valence-electron chi connectivity index (χ4n) is 1.74. The van der Waals surface area contributed by atoms with Gasteiger partial charge in [-0.3, -0.25) is 9.59 Å². The number of nitrogens with two attached hydrogens (primary N) is 1. The lowest BCUT2D eigenvalue weighted by Crippen LogP contribution is -2.43. The smallest absolute Gasteiger partial charge is 0.238 e. The van der Waals surface area contributed by atoms with E-state index in [4.69, 9.17) is 10.5 Å². The molecular formula is C14H28N2O3. The molecule has 19 heavy (non-hydrogen) atoms. The molecule has 0 fully saturated rings. The first-order valence-electron chi connectivity index (χ1n) is 6.89. The Bertz CT molecular complexity index is 290. The molecule has 0 aromatic heterocycles. The molecule has 0 radical (unpaired) electrons. The number of amides is 1. The number of rotatable bonds is 9. The molecule has 0 aliphatic carbocycles. The molecule has 5 heteroatoms. The lowest BCUT2D eigenvalue weighted by atomic mass is 10.0. The number of Topliss-reactive ketones (excluding diaryl/α,β-unsaturated/α-hetero) is 1. The van der Waals surface area contributed by atoms with Crippen LogP contribution >= 0.6 is 0 Å². The van der Waals surface area contributed by atoms with E-state index in [1.807, 2.05) is 27.7 Å². The SMILES string of the molecule is CC(=O)[C@H](CC(C)C)OCNC(=O)[C@@H](N)CC(C)C. The van der Waals surface area contributed by atoms with Gasteiger partial charge in [-0.1, -0.05) is 27.7 Å². The summed E-state index contributed by atoms with van der Waals surface area (Å²) in [7, 11) is 0. The summed E-state index contributed by atoms with van der Waals surface area (Å²) in [5.74, 6) is 0.482. The van der Waals surface area contributed by atoms with E-state index in [2.05, 4.69) is 5.32 Å². The average molecular weight is 272 g/mol. The van der Waals surface area contributed by atoms with Gasteiger partial charge >= 0.3 is 0 Å². The van der Waals surface area contributed by atoms with Gasteiger partial charge in [-0.2, -0.15) is 0 Å². The maximum atomic E-state index is 11.7. The molecular weight excluding hydrogens is 244 g/mol. The zero-order valence-electron chi connectivity index (χ0n) is 12.7. The minimum absolute atomic E-state index is 0.0190. The number of hydrogen-bond acceptors (Lipinski definition) is 4. The Morgan fingerprint density at radius 3 is 2.05 bits per heavy atom. The van der Waals surface area contributed by atoms with Crippen LogP contribution in [0.2, 0.25) is 0 Å². The van der Waals surface area contributed by atoms with Crippen LogP contribution in [0, 0.1) is 11.8 Å².